The van der Waals surface area contributed by atoms with Crippen molar-refractivity contribution in [2.75, 3.05) is 11.5 Å². The van der Waals surface area contributed by atoms with E-state index >= 15 is 0 Å². The third kappa shape index (κ3) is 1.66. The average molecular weight is 309 g/mol. The van der Waals surface area contributed by atoms with E-state index < -0.39 is 0 Å². The molecule has 2 bridgehead atoms. The number of imide groups is 1. The van der Waals surface area contributed by atoms with Gasteiger partial charge in [0.05, 0.1) is 24.1 Å². The zero-order valence-corrected chi connectivity index (χ0v) is 13.0. The largest absolute Gasteiger partial charge is 0.494 e. The molecule has 0 unspecified atom stereocenters. The highest BCUT2D eigenvalue weighted by molar-refractivity contribution is 6.22. The molecule has 0 spiro atoms. The van der Waals surface area contributed by atoms with Gasteiger partial charge in [-0.1, -0.05) is 12.2 Å². The number of nitrogens with zero attached hydrogens (tertiary/aromatic N) is 1. The van der Waals surface area contributed by atoms with Gasteiger partial charge in [0, 0.05) is 0 Å². The Labute approximate surface area is 135 Å². The fraction of sp³-hybridized carbons (Fsp3) is 0.474. The van der Waals surface area contributed by atoms with Crippen LogP contribution in [0.15, 0.2) is 36.4 Å². The first-order chi connectivity index (χ1) is 11.2. The van der Waals surface area contributed by atoms with Crippen molar-refractivity contribution >= 4 is 17.5 Å². The molecule has 1 saturated heterocycles. The topological polar surface area (TPSA) is 46.6 Å². The number of carbonyl (C=O) groups excluding carboxylic acids is 2. The van der Waals surface area contributed by atoms with Gasteiger partial charge in [0.1, 0.15) is 5.75 Å². The van der Waals surface area contributed by atoms with Crippen LogP contribution in [0.5, 0.6) is 5.75 Å². The zero-order chi connectivity index (χ0) is 15.7. The van der Waals surface area contributed by atoms with Gasteiger partial charge in [0.15, 0.2) is 0 Å². The summed E-state index contributed by atoms with van der Waals surface area (Å²) in [5.41, 5.74) is 0.672. The molecule has 4 aliphatic carbocycles. The highest BCUT2D eigenvalue weighted by Gasteiger charge is 2.67. The molecule has 1 aliphatic heterocycles. The SMILES string of the molecule is CCOc1ccc(N2C(=O)[C@H]3[C@H]4C=C[C@@H]([C@H]5C[C@H]45)[C@@H]3C2=O)cc1. The summed E-state index contributed by atoms with van der Waals surface area (Å²) in [6.07, 6.45) is 5.60. The van der Waals surface area contributed by atoms with E-state index in [-0.39, 0.29) is 35.5 Å². The lowest BCUT2D eigenvalue weighted by Gasteiger charge is -2.37. The maximum Gasteiger partial charge on any atom is 0.238 e. The monoisotopic (exact) mass is 309 g/mol. The fourth-order valence-electron chi connectivity index (χ4n) is 5.07. The lowest BCUT2D eigenvalue weighted by Crippen LogP contribution is -2.40. The summed E-state index contributed by atoms with van der Waals surface area (Å²) in [5.74, 6) is 2.32. The Morgan fingerprint density at radius 1 is 1.00 bits per heavy atom. The van der Waals surface area contributed by atoms with E-state index in [9.17, 15) is 9.59 Å². The standard InChI is InChI=1S/C19H19NO3/c1-2-23-11-5-3-10(4-6-11)20-18(21)16-12-7-8-13(15-9-14(12)15)17(16)19(20)22/h3-8,12-17H,2,9H2,1H3/t12-,13-,14+,15+,16-,17-/m0/s1. The van der Waals surface area contributed by atoms with Crippen LogP contribution in [0.3, 0.4) is 0 Å². The van der Waals surface area contributed by atoms with Crippen molar-refractivity contribution in [2.45, 2.75) is 13.3 Å². The first kappa shape index (κ1) is 13.3. The minimum absolute atomic E-state index is 0.00569. The number of hydrogen-bond donors (Lipinski definition) is 0. The molecular formula is C19H19NO3. The molecule has 1 heterocycles. The first-order valence-electron chi connectivity index (χ1n) is 8.49. The average Bonchev–Trinajstić information content (AvgIpc) is 3.34. The Kier molecular flexibility index (Phi) is 2.59. The fourth-order valence-corrected chi connectivity index (χ4v) is 5.07. The van der Waals surface area contributed by atoms with E-state index in [2.05, 4.69) is 12.2 Å². The molecule has 2 amide bonds. The highest BCUT2D eigenvalue weighted by Crippen LogP contribution is 2.65. The number of rotatable bonds is 3. The van der Waals surface area contributed by atoms with Crippen LogP contribution < -0.4 is 9.64 Å². The van der Waals surface area contributed by atoms with Gasteiger partial charge < -0.3 is 4.74 Å². The number of carbonyl (C=O) groups is 2. The summed E-state index contributed by atoms with van der Waals surface area (Å²) < 4.78 is 5.44. The van der Waals surface area contributed by atoms with Crippen LogP contribution in [0.1, 0.15) is 13.3 Å². The Balaban J connectivity index is 1.49. The third-order valence-electron chi connectivity index (χ3n) is 6.07. The van der Waals surface area contributed by atoms with Crippen LogP contribution in [0, 0.1) is 35.5 Å². The van der Waals surface area contributed by atoms with Crippen LogP contribution in [-0.2, 0) is 9.59 Å². The van der Waals surface area contributed by atoms with E-state index in [0.717, 1.165) is 5.75 Å². The second-order valence-corrected chi connectivity index (χ2v) is 7.09. The first-order valence-corrected chi connectivity index (χ1v) is 8.49. The van der Waals surface area contributed by atoms with Gasteiger partial charge >= 0.3 is 0 Å². The molecule has 6 rings (SSSR count). The predicted molar refractivity (Wildman–Crippen MR) is 84.8 cm³/mol. The van der Waals surface area contributed by atoms with Crippen molar-refractivity contribution < 1.29 is 14.3 Å². The van der Waals surface area contributed by atoms with E-state index in [1.807, 2.05) is 31.2 Å². The Bertz CT molecular complexity index is 687. The molecule has 2 saturated carbocycles. The molecule has 6 atom stereocenters. The number of anilines is 1. The lowest BCUT2D eigenvalue weighted by molar-refractivity contribution is -0.124. The molecule has 1 aromatic rings. The number of hydrogen-bond acceptors (Lipinski definition) is 3. The summed E-state index contributed by atoms with van der Waals surface area (Å²) in [6.45, 7) is 2.53. The maximum atomic E-state index is 13.0. The van der Waals surface area contributed by atoms with Crippen LogP contribution in [0.4, 0.5) is 5.69 Å². The van der Waals surface area contributed by atoms with Crippen LogP contribution in [0.2, 0.25) is 0 Å². The Morgan fingerprint density at radius 3 is 2.09 bits per heavy atom. The third-order valence-corrected chi connectivity index (χ3v) is 6.07. The summed E-state index contributed by atoms with van der Waals surface area (Å²) >= 11 is 0. The van der Waals surface area contributed by atoms with E-state index in [0.29, 0.717) is 24.1 Å². The Hall–Kier alpha value is -2.10. The van der Waals surface area contributed by atoms with Gasteiger partial charge in [-0.15, -0.1) is 0 Å². The smallest absolute Gasteiger partial charge is 0.238 e. The molecule has 0 radical (unpaired) electrons. The molecule has 118 valence electrons. The Morgan fingerprint density at radius 2 is 1.57 bits per heavy atom. The molecule has 4 nitrogen and oxygen atoms in total. The number of ether oxygens (including phenoxy) is 1. The van der Waals surface area contributed by atoms with Crippen molar-refractivity contribution in [3.05, 3.63) is 36.4 Å². The van der Waals surface area contributed by atoms with Crippen LogP contribution >= 0.6 is 0 Å². The summed E-state index contributed by atoms with van der Waals surface area (Å²) in [4.78, 5) is 27.3. The van der Waals surface area contributed by atoms with E-state index in [1.54, 1.807) is 0 Å². The molecule has 1 aromatic carbocycles. The van der Waals surface area contributed by atoms with Crippen molar-refractivity contribution in [1.82, 2.24) is 0 Å². The second-order valence-electron chi connectivity index (χ2n) is 7.09. The van der Waals surface area contributed by atoms with Gasteiger partial charge in [-0.25, -0.2) is 0 Å². The van der Waals surface area contributed by atoms with Crippen LogP contribution in [0.25, 0.3) is 0 Å². The number of amides is 2. The molecule has 0 N–H and O–H groups in total. The highest BCUT2D eigenvalue weighted by atomic mass is 16.5. The summed E-state index contributed by atoms with van der Waals surface area (Å²) in [6, 6.07) is 7.28. The van der Waals surface area contributed by atoms with Crippen molar-refractivity contribution in [1.29, 1.82) is 0 Å². The summed E-state index contributed by atoms with van der Waals surface area (Å²) in [7, 11) is 0. The normalized spacial score (nSPS) is 39.4. The quantitative estimate of drug-likeness (QED) is 0.637. The number of allylic oxidation sites excluding steroid dienone is 2. The zero-order valence-electron chi connectivity index (χ0n) is 13.0. The molecule has 4 heteroatoms. The minimum atomic E-state index is -0.132. The van der Waals surface area contributed by atoms with Gasteiger partial charge in [0.25, 0.3) is 0 Å². The number of benzene rings is 1. The van der Waals surface area contributed by atoms with Crippen molar-refractivity contribution in [2.24, 2.45) is 35.5 Å². The summed E-state index contributed by atoms with van der Waals surface area (Å²) in [5, 5.41) is 0. The molecular weight excluding hydrogens is 290 g/mol. The maximum absolute atomic E-state index is 13.0. The van der Waals surface area contributed by atoms with Gasteiger partial charge in [-0.2, -0.15) is 0 Å². The molecule has 3 fully saturated rings. The van der Waals surface area contributed by atoms with Gasteiger partial charge in [-0.3, -0.25) is 14.5 Å². The van der Waals surface area contributed by atoms with Gasteiger partial charge in [0.2, 0.25) is 11.8 Å². The van der Waals surface area contributed by atoms with E-state index in [4.69, 9.17) is 4.74 Å². The van der Waals surface area contributed by atoms with Crippen LogP contribution in [-0.4, -0.2) is 18.4 Å². The van der Waals surface area contributed by atoms with E-state index in [1.165, 1.54) is 11.3 Å². The van der Waals surface area contributed by atoms with Crippen molar-refractivity contribution in [3.63, 3.8) is 0 Å². The molecule has 23 heavy (non-hydrogen) atoms. The van der Waals surface area contributed by atoms with Crippen molar-refractivity contribution in [3.8, 4) is 5.75 Å². The molecule has 0 aromatic heterocycles. The second kappa shape index (κ2) is 4.47. The predicted octanol–water partition coefficient (Wildman–Crippen LogP) is 2.64. The molecule has 5 aliphatic rings. The minimum Gasteiger partial charge on any atom is -0.494 e. The lowest BCUT2D eigenvalue weighted by atomic mass is 9.63. The van der Waals surface area contributed by atoms with Gasteiger partial charge in [-0.05, 0) is 61.3 Å².